The molecule has 0 bridgehead atoms. The van der Waals surface area contributed by atoms with Crippen LogP contribution in [0.3, 0.4) is 0 Å². The standard InChI is InChI=1S/C5H4BrN3O2/c6-5-7-3-9(8-5)2-1-4(10)11/h1-3H,(H,10,11)/b2-1-. The van der Waals surface area contributed by atoms with Crippen molar-refractivity contribution in [1.82, 2.24) is 14.8 Å². The van der Waals surface area contributed by atoms with Gasteiger partial charge in [-0.05, 0) is 15.9 Å². The average molecular weight is 218 g/mol. The number of hydrogen-bond acceptors (Lipinski definition) is 3. The summed E-state index contributed by atoms with van der Waals surface area (Å²) >= 11 is 3.01. The van der Waals surface area contributed by atoms with Crippen LogP contribution in [0.2, 0.25) is 0 Å². The molecule has 0 aromatic carbocycles. The van der Waals surface area contributed by atoms with Crippen molar-refractivity contribution in [3.05, 3.63) is 17.1 Å². The van der Waals surface area contributed by atoms with E-state index >= 15 is 0 Å². The van der Waals surface area contributed by atoms with Gasteiger partial charge in [-0.15, -0.1) is 5.10 Å². The van der Waals surface area contributed by atoms with Crippen molar-refractivity contribution in [2.45, 2.75) is 0 Å². The molecule has 11 heavy (non-hydrogen) atoms. The van der Waals surface area contributed by atoms with E-state index in [9.17, 15) is 4.79 Å². The van der Waals surface area contributed by atoms with E-state index in [4.69, 9.17) is 5.11 Å². The van der Waals surface area contributed by atoms with Gasteiger partial charge in [-0.1, -0.05) is 0 Å². The van der Waals surface area contributed by atoms with Crippen LogP contribution in [0.15, 0.2) is 17.1 Å². The van der Waals surface area contributed by atoms with Gasteiger partial charge in [-0.2, -0.15) is 0 Å². The van der Waals surface area contributed by atoms with Gasteiger partial charge < -0.3 is 5.11 Å². The van der Waals surface area contributed by atoms with Crippen LogP contribution >= 0.6 is 15.9 Å². The molecule has 58 valence electrons. The van der Waals surface area contributed by atoms with Gasteiger partial charge in [0, 0.05) is 12.3 Å². The average Bonchev–Trinajstić information content (AvgIpc) is 2.31. The minimum absolute atomic E-state index is 0.424. The molecule has 1 heterocycles. The Balaban J connectivity index is 2.71. The molecule has 1 rings (SSSR count). The molecule has 0 amide bonds. The Bertz CT molecular complexity index is 294. The van der Waals surface area contributed by atoms with E-state index in [0.29, 0.717) is 4.73 Å². The monoisotopic (exact) mass is 217 g/mol. The summed E-state index contributed by atoms with van der Waals surface area (Å²) in [7, 11) is 0. The Hall–Kier alpha value is -1.17. The van der Waals surface area contributed by atoms with Gasteiger partial charge in [0.2, 0.25) is 4.73 Å². The van der Waals surface area contributed by atoms with Gasteiger partial charge in [0.25, 0.3) is 0 Å². The third-order valence-corrected chi connectivity index (χ3v) is 1.21. The van der Waals surface area contributed by atoms with Crippen LogP contribution in [0, 0.1) is 0 Å². The number of hydrogen-bond donors (Lipinski definition) is 1. The first kappa shape index (κ1) is 7.93. The molecule has 1 N–H and O–H groups in total. The van der Waals surface area contributed by atoms with Crippen molar-refractivity contribution >= 4 is 28.1 Å². The summed E-state index contributed by atoms with van der Waals surface area (Å²) in [4.78, 5) is 13.7. The summed E-state index contributed by atoms with van der Waals surface area (Å²) in [5.74, 6) is -1.02. The summed E-state index contributed by atoms with van der Waals surface area (Å²) in [6.45, 7) is 0. The van der Waals surface area contributed by atoms with Crippen LogP contribution in [-0.4, -0.2) is 25.8 Å². The molecule has 0 spiro atoms. The number of nitrogens with zero attached hydrogens (tertiary/aromatic N) is 3. The molecule has 1 aromatic rings. The molecule has 0 unspecified atom stereocenters. The topological polar surface area (TPSA) is 68.0 Å². The Kier molecular flexibility index (Phi) is 2.37. The highest BCUT2D eigenvalue weighted by Gasteiger charge is 1.91. The van der Waals surface area contributed by atoms with E-state index in [0.717, 1.165) is 6.08 Å². The quantitative estimate of drug-likeness (QED) is 0.737. The van der Waals surface area contributed by atoms with Crippen LogP contribution in [0.4, 0.5) is 0 Å². The second-order valence-electron chi connectivity index (χ2n) is 1.65. The number of aromatic nitrogens is 3. The van der Waals surface area contributed by atoms with Gasteiger partial charge in [-0.3, -0.25) is 0 Å². The highest BCUT2D eigenvalue weighted by Crippen LogP contribution is 1.98. The normalized spacial score (nSPS) is 10.6. The number of rotatable bonds is 2. The maximum atomic E-state index is 10.0. The van der Waals surface area contributed by atoms with Gasteiger partial charge in [0.05, 0.1) is 0 Å². The number of carboxylic acids is 1. The first-order valence-corrected chi connectivity index (χ1v) is 3.45. The molecule has 0 saturated heterocycles. The van der Waals surface area contributed by atoms with Crippen LogP contribution in [-0.2, 0) is 4.79 Å². The third-order valence-electron chi connectivity index (χ3n) is 0.850. The lowest BCUT2D eigenvalue weighted by atomic mass is 10.6. The van der Waals surface area contributed by atoms with Crippen molar-refractivity contribution in [1.29, 1.82) is 0 Å². The maximum Gasteiger partial charge on any atom is 0.329 e. The van der Waals surface area contributed by atoms with Crippen LogP contribution in [0.5, 0.6) is 0 Å². The van der Waals surface area contributed by atoms with E-state index in [1.54, 1.807) is 0 Å². The third kappa shape index (κ3) is 2.50. The minimum atomic E-state index is -1.02. The molecule has 0 fully saturated rings. The van der Waals surface area contributed by atoms with Crippen molar-refractivity contribution in [2.24, 2.45) is 0 Å². The molecule has 5 nitrogen and oxygen atoms in total. The predicted octanol–water partition coefficient (Wildman–Crippen LogP) is 0.596. The first-order valence-electron chi connectivity index (χ1n) is 2.66. The Morgan fingerprint density at radius 3 is 3.00 bits per heavy atom. The lowest BCUT2D eigenvalue weighted by Crippen LogP contribution is -1.90. The van der Waals surface area contributed by atoms with Gasteiger partial charge >= 0.3 is 5.97 Å². The van der Waals surface area contributed by atoms with Crippen molar-refractivity contribution in [3.63, 3.8) is 0 Å². The fourth-order valence-corrected chi connectivity index (χ4v) is 0.740. The summed E-state index contributed by atoms with van der Waals surface area (Å²) in [6.07, 6.45) is 3.66. The summed E-state index contributed by atoms with van der Waals surface area (Å²) in [5, 5.41) is 12.0. The van der Waals surface area contributed by atoms with Gasteiger partial charge in [0.1, 0.15) is 6.33 Å². The lowest BCUT2D eigenvalue weighted by Gasteiger charge is -1.84. The molecule has 0 aliphatic carbocycles. The predicted molar refractivity (Wildman–Crippen MR) is 40.7 cm³/mol. The highest BCUT2D eigenvalue weighted by atomic mass is 79.9. The largest absolute Gasteiger partial charge is 0.478 e. The van der Waals surface area contributed by atoms with Gasteiger partial charge in [0.15, 0.2) is 0 Å². The Morgan fingerprint density at radius 2 is 2.55 bits per heavy atom. The molecule has 0 radical (unpaired) electrons. The second kappa shape index (κ2) is 3.29. The highest BCUT2D eigenvalue weighted by molar-refractivity contribution is 9.10. The van der Waals surface area contributed by atoms with E-state index in [-0.39, 0.29) is 0 Å². The Labute approximate surface area is 70.5 Å². The van der Waals surface area contributed by atoms with Crippen molar-refractivity contribution < 1.29 is 9.90 Å². The van der Waals surface area contributed by atoms with Crippen molar-refractivity contribution in [3.8, 4) is 0 Å². The van der Waals surface area contributed by atoms with E-state index in [2.05, 4.69) is 26.0 Å². The molecule has 1 aromatic heterocycles. The van der Waals surface area contributed by atoms with Crippen molar-refractivity contribution in [2.75, 3.05) is 0 Å². The summed E-state index contributed by atoms with van der Waals surface area (Å²) in [6, 6.07) is 0. The zero-order valence-corrected chi connectivity index (χ0v) is 6.89. The lowest BCUT2D eigenvalue weighted by molar-refractivity contribution is -0.131. The van der Waals surface area contributed by atoms with Gasteiger partial charge in [-0.25, -0.2) is 14.5 Å². The fourth-order valence-electron chi connectivity index (χ4n) is 0.466. The fraction of sp³-hybridized carbons (Fsp3) is 0. The SMILES string of the molecule is O=C(O)/C=C\n1cnc(Br)n1. The summed E-state index contributed by atoms with van der Waals surface area (Å²) in [5.41, 5.74) is 0. The number of carboxylic acid groups (broad SMARTS) is 1. The molecular formula is C5H4BrN3O2. The molecule has 6 heteroatoms. The second-order valence-corrected chi connectivity index (χ2v) is 2.36. The molecule has 0 aliphatic rings. The van der Waals surface area contributed by atoms with E-state index in [1.165, 1.54) is 17.2 Å². The first-order chi connectivity index (χ1) is 5.18. The molecule has 0 aliphatic heterocycles. The minimum Gasteiger partial charge on any atom is -0.478 e. The summed E-state index contributed by atoms with van der Waals surface area (Å²) < 4.78 is 1.71. The van der Waals surface area contributed by atoms with E-state index in [1.807, 2.05) is 0 Å². The van der Waals surface area contributed by atoms with Crippen LogP contribution in [0.25, 0.3) is 6.20 Å². The molecule has 0 saturated carbocycles. The Morgan fingerprint density at radius 1 is 1.82 bits per heavy atom. The molecular weight excluding hydrogens is 214 g/mol. The number of aliphatic carboxylic acids is 1. The number of carbonyl (C=O) groups is 1. The van der Waals surface area contributed by atoms with Crippen LogP contribution in [0.1, 0.15) is 0 Å². The zero-order valence-electron chi connectivity index (χ0n) is 5.31. The smallest absolute Gasteiger partial charge is 0.329 e. The number of halogens is 1. The van der Waals surface area contributed by atoms with Crippen LogP contribution < -0.4 is 0 Å². The zero-order chi connectivity index (χ0) is 8.27. The maximum absolute atomic E-state index is 10.0. The van der Waals surface area contributed by atoms with E-state index < -0.39 is 5.97 Å². The molecule has 0 atom stereocenters.